The monoisotopic (exact) mass is 271 g/mol. The molecule has 0 unspecified atom stereocenters. The molecule has 0 bridgehead atoms. The number of hydrogen-bond donors (Lipinski definition) is 1. The summed E-state index contributed by atoms with van der Waals surface area (Å²) in [7, 11) is 3.40. The number of hydrogen-bond acceptors (Lipinski definition) is 6. The van der Waals surface area contributed by atoms with Gasteiger partial charge in [0, 0.05) is 24.9 Å². The third-order valence-electron chi connectivity index (χ3n) is 2.88. The summed E-state index contributed by atoms with van der Waals surface area (Å²) in [6.45, 7) is 0. The summed E-state index contributed by atoms with van der Waals surface area (Å²) in [5, 5.41) is 16.0. The summed E-state index contributed by atoms with van der Waals surface area (Å²) in [5.41, 5.74) is 7.17. The summed E-state index contributed by atoms with van der Waals surface area (Å²) in [5.74, 6) is 1.79. The molecule has 2 heterocycles. The van der Waals surface area contributed by atoms with Gasteiger partial charge in [-0.1, -0.05) is 0 Å². The Morgan fingerprint density at radius 1 is 1.25 bits per heavy atom. The number of aromatic nitrogens is 6. The van der Waals surface area contributed by atoms with E-state index >= 15 is 0 Å². The molecule has 102 valence electrons. The van der Waals surface area contributed by atoms with Crippen molar-refractivity contribution in [3.8, 4) is 23.0 Å². The van der Waals surface area contributed by atoms with Crippen LogP contribution in [-0.4, -0.2) is 37.1 Å². The summed E-state index contributed by atoms with van der Waals surface area (Å²) >= 11 is 0. The number of ether oxygens (including phenoxy) is 1. The van der Waals surface area contributed by atoms with Crippen LogP contribution in [0, 0.1) is 0 Å². The molecule has 8 nitrogen and oxygen atoms in total. The number of anilines is 1. The second-order valence-corrected chi connectivity index (χ2v) is 4.22. The number of aryl methyl sites for hydroxylation is 1. The Morgan fingerprint density at radius 3 is 2.80 bits per heavy atom. The average molecular weight is 271 g/mol. The fraction of sp³-hybridized carbons (Fsp3) is 0.167. The standard InChI is InChI=1S/C12H13N7O/c1-18-6-5-11(15-18)19-12(14-16-17-19)8-3-4-9(13)10(7-8)20-2/h3-7H,13H2,1-2H3. The first kappa shape index (κ1) is 12.2. The first-order valence-electron chi connectivity index (χ1n) is 5.91. The van der Waals surface area contributed by atoms with Crippen molar-refractivity contribution in [1.82, 2.24) is 30.0 Å². The average Bonchev–Trinajstić information content (AvgIpc) is 3.07. The maximum absolute atomic E-state index is 5.81. The van der Waals surface area contributed by atoms with Crippen LogP contribution in [0.5, 0.6) is 5.75 Å². The Labute approximate surface area is 114 Å². The molecule has 0 atom stereocenters. The smallest absolute Gasteiger partial charge is 0.189 e. The Balaban J connectivity index is 2.10. The first-order chi connectivity index (χ1) is 9.69. The molecule has 3 rings (SSSR count). The highest BCUT2D eigenvalue weighted by atomic mass is 16.5. The number of methoxy groups -OCH3 is 1. The molecular formula is C12H13N7O. The third kappa shape index (κ3) is 1.96. The van der Waals surface area contributed by atoms with Crippen molar-refractivity contribution >= 4 is 5.69 Å². The Hall–Kier alpha value is -2.90. The molecule has 1 aromatic carbocycles. The molecular weight excluding hydrogens is 258 g/mol. The second kappa shape index (κ2) is 4.65. The van der Waals surface area contributed by atoms with E-state index in [4.69, 9.17) is 10.5 Å². The van der Waals surface area contributed by atoms with Gasteiger partial charge in [0.2, 0.25) is 0 Å². The molecule has 0 saturated carbocycles. The molecule has 0 aliphatic carbocycles. The number of benzene rings is 1. The minimum Gasteiger partial charge on any atom is -0.495 e. The lowest BCUT2D eigenvalue weighted by Crippen LogP contribution is -2.02. The van der Waals surface area contributed by atoms with Crippen molar-refractivity contribution < 1.29 is 4.74 Å². The van der Waals surface area contributed by atoms with Gasteiger partial charge in [0.15, 0.2) is 11.6 Å². The fourth-order valence-corrected chi connectivity index (χ4v) is 1.89. The van der Waals surface area contributed by atoms with E-state index in [0.717, 1.165) is 5.56 Å². The van der Waals surface area contributed by atoms with Crippen molar-refractivity contribution in [2.24, 2.45) is 7.05 Å². The molecule has 0 aliphatic rings. The number of rotatable bonds is 3. The van der Waals surface area contributed by atoms with Gasteiger partial charge >= 0.3 is 0 Å². The number of nitrogens with zero attached hydrogens (tertiary/aromatic N) is 6. The molecule has 2 N–H and O–H groups in total. The van der Waals surface area contributed by atoms with E-state index in [-0.39, 0.29) is 0 Å². The van der Waals surface area contributed by atoms with Gasteiger partial charge in [-0.3, -0.25) is 4.68 Å². The molecule has 20 heavy (non-hydrogen) atoms. The first-order valence-corrected chi connectivity index (χ1v) is 5.91. The minimum atomic E-state index is 0.563. The van der Waals surface area contributed by atoms with Crippen LogP contribution in [0.1, 0.15) is 0 Å². The highest BCUT2D eigenvalue weighted by Gasteiger charge is 2.14. The van der Waals surface area contributed by atoms with Crippen molar-refractivity contribution in [3.63, 3.8) is 0 Å². The number of tetrazole rings is 1. The van der Waals surface area contributed by atoms with E-state index in [1.54, 1.807) is 28.6 Å². The third-order valence-corrected chi connectivity index (χ3v) is 2.88. The van der Waals surface area contributed by atoms with Crippen molar-refractivity contribution in [3.05, 3.63) is 30.5 Å². The van der Waals surface area contributed by atoms with Crippen LogP contribution in [0.15, 0.2) is 30.5 Å². The van der Waals surface area contributed by atoms with E-state index in [1.165, 1.54) is 0 Å². The zero-order valence-electron chi connectivity index (χ0n) is 11.1. The SMILES string of the molecule is COc1cc(-c2nnnn2-c2ccn(C)n2)ccc1N. The van der Waals surface area contributed by atoms with Crippen LogP contribution < -0.4 is 10.5 Å². The van der Waals surface area contributed by atoms with Crippen LogP contribution in [0.25, 0.3) is 17.2 Å². The molecule has 0 amide bonds. The van der Waals surface area contributed by atoms with Gasteiger partial charge in [0.05, 0.1) is 12.8 Å². The van der Waals surface area contributed by atoms with Crippen molar-refractivity contribution in [1.29, 1.82) is 0 Å². The maximum Gasteiger partial charge on any atom is 0.189 e. The molecule has 0 spiro atoms. The lowest BCUT2D eigenvalue weighted by Gasteiger charge is -2.06. The highest BCUT2D eigenvalue weighted by Crippen LogP contribution is 2.28. The van der Waals surface area contributed by atoms with Crippen molar-refractivity contribution in [2.75, 3.05) is 12.8 Å². The molecule has 0 aliphatic heterocycles. The summed E-state index contributed by atoms with van der Waals surface area (Å²) in [6, 6.07) is 7.21. The quantitative estimate of drug-likeness (QED) is 0.703. The Kier molecular flexibility index (Phi) is 2.82. The van der Waals surface area contributed by atoms with Gasteiger partial charge in [0.1, 0.15) is 5.75 Å². The molecule has 8 heteroatoms. The zero-order chi connectivity index (χ0) is 14.1. The van der Waals surface area contributed by atoms with Crippen LogP contribution >= 0.6 is 0 Å². The fourth-order valence-electron chi connectivity index (χ4n) is 1.89. The predicted octanol–water partition coefficient (Wildman–Crippen LogP) is 0.654. The molecule has 0 saturated heterocycles. The van der Waals surface area contributed by atoms with E-state index in [1.807, 2.05) is 25.4 Å². The lowest BCUT2D eigenvalue weighted by molar-refractivity contribution is 0.417. The molecule has 3 aromatic rings. The van der Waals surface area contributed by atoms with Crippen LogP contribution in [0.3, 0.4) is 0 Å². The van der Waals surface area contributed by atoms with Gasteiger partial charge in [-0.2, -0.15) is 9.78 Å². The summed E-state index contributed by atoms with van der Waals surface area (Å²) in [4.78, 5) is 0. The topological polar surface area (TPSA) is 96.7 Å². The lowest BCUT2D eigenvalue weighted by atomic mass is 10.2. The molecule has 0 radical (unpaired) electrons. The predicted molar refractivity (Wildman–Crippen MR) is 72.3 cm³/mol. The van der Waals surface area contributed by atoms with Gasteiger partial charge in [-0.15, -0.1) is 5.10 Å². The van der Waals surface area contributed by atoms with Crippen LogP contribution in [0.2, 0.25) is 0 Å². The van der Waals surface area contributed by atoms with Crippen LogP contribution in [-0.2, 0) is 7.05 Å². The Morgan fingerprint density at radius 2 is 2.10 bits per heavy atom. The highest BCUT2D eigenvalue weighted by molar-refractivity contribution is 5.66. The second-order valence-electron chi connectivity index (χ2n) is 4.22. The van der Waals surface area contributed by atoms with E-state index in [9.17, 15) is 0 Å². The van der Waals surface area contributed by atoms with Gasteiger partial charge < -0.3 is 10.5 Å². The van der Waals surface area contributed by atoms with Crippen molar-refractivity contribution in [2.45, 2.75) is 0 Å². The van der Waals surface area contributed by atoms with E-state index in [2.05, 4.69) is 20.6 Å². The maximum atomic E-state index is 5.81. The number of nitrogens with two attached hydrogens (primary N) is 1. The molecule has 2 aromatic heterocycles. The van der Waals surface area contributed by atoms with Gasteiger partial charge in [-0.05, 0) is 28.6 Å². The van der Waals surface area contributed by atoms with Gasteiger partial charge in [-0.25, -0.2) is 0 Å². The van der Waals surface area contributed by atoms with Gasteiger partial charge in [0.25, 0.3) is 0 Å². The van der Waals surface area contributed by atoms with E-state index in [0.29, 0.717) is 23.1 Å². The Bertz CT molecular complexity index is 746. The minimum absolute atomic E-state index is 0.563. The summed E-state index contributed by atoms with van der Waals surface area (Å²) in [6.07, 6.45) is 1.82. The number of nitrogen functional groups attached to an aromatic ring is 1. The zero-order valence-corrected chi connectivity index (χ0v) is 11.1. The summed E-state index contributed by atoms with van der Waals surface area (Å²) < 4.78 is 8.46. The largest absolute Gasteiger partial charge is 0.495 e. The van der Waals surface area contributed by atoms with E-state index < -0.39 is 0 Å². The normalized spacial score (nSPS) is 10.7. The molecule has 0 fully saturated rings. The van der Waals surface area contributed by atoms with Crippen LogP contribution in [0.4, 0.5) is 5.69 Å².